The van der Waals surface area contributed by atoms with Crippen LogP contribution in [0.3, 0.4) is 0 Å². The molecule has 9 nitrogen and oxygen atoms in total. The molecule has 2 heterocycles. The Labute approximate surface area is 174 Å². The molecule has 30 heavy (non-hydrogen) atoms. The Balaban J connectivity index is 2.00. The standard InChI is InChI=1S/C21H26N4O5/c1-21(2,11-26)10-24-20(27)13-8-22-19-17(13)25-14(9-23-19)12-6-15(28-3)18(30-5)16(7-12)29-4/h6-9,26H,10-11H2,1-5H3,(H,22,23)(H,24,27). The molecule has 0 atom stereocenters. The molecule has 0 aliphatic rings. The van der Waals surface area contributed by atoms with Gasteiger partial charge in [0, 0.05) is 30.3 Å². The van der Waals surface area contributed by atoms with Crippen molar-refractivity contribution in [2.45, 2.75) is 13.8 Å². The van der Waals surface area contributed by atoms with Crippen molar-refractivity contribution in [1.29, 1.82) is 0 Å². The highest BCUT2D eigenvalue weighted by Gasteiger charge is 2.21. The molecule has 3 aromatic rings. The SMILES string of the molecule is COc1cc(-c2cnc3[nH]cc(C(=O)NCC(C)(C)CO)c3n2)cc(OC)c1OC. The summed E-state index contributed by atoms with van der Waals surface area (Å²) in [5, 5.41) is 12.2. The Morgan fingerprint density at radius 1 is 1.17 bits per heavy atom. The maximum absolute atomic E-state index is 12.7. The van der Waals surface area contributed by atoms with Crippen molar-refractivity contribution in [3.8, 4) is 28.5 Å². The van der Waals surface area contributed by atoms with E-state index < -0.39 is 5.41 Å². The maximum Gasteiger partial charge on any atom is 0.255 e. The van der Waals surface area contributed by atoms with Crippen molar-refractivity contribution in [3.05, 3.63) is 30.1 Å². The van der Waals surface area contributed by atoms with Crippen molar-refractivity contribution < 1.29 is 24.1 Å². The van der Waals surface area contributed by atoms with E-state index in [0.717, 1.165) is 0 Å². The number of carbonyl (C=O) groups excluding carboxylic acids is 1. The lowest BCUT2D eigenvalue weighted by Gasteiger charge is -2.21. The minimum absolute atomic E-state index is 0.0355. The molecule has 0 bridgehead atoms. The Bertz CT molecular complexity index is 1040. The molecule has 1 amide bonds. The molecule has 0 aliphatic carbocycles. The van der Waals surface area contributed by atoms with E-state index >= 15 is 0 Å². The zero-order valence-corrected chi connectivity index (χ0v) is 17.7. The minimum atomic E-state index is -0.422. The van der Waals surface area contributed by atoms with Gasteiger partial charge in [-0.05, 0) is 12.1 Å². The van der Waals surface area contributed by atoms with Gasteiger partial charge in [0.15, 0.2) is 17.1 Å². The largest absolute Gasteiger partial charge is 0.493 e. The first-order chi connectivity index (χ1) is 14.3. The third kappa shape index (κ3) is 4.16. The molecule has 0 radical (unpaired) electrons. The van der Waals surface area contributed by atoms with Crippen LogP contribution in [0.5, 0.6) is 17.2 Å². The first-order valence-electron chi connectivity index (χ1n) is 9.37. The highest BCUT2D eigenvalue weighted by atomic mass is 16.5. The van der Waals surface area contributed by atoms with E-state index in [1.165, 1.54) is 7.11 Å². The van der Waals surface area contributed by atoms with Crippen LogP contribution in [0.2, 0.25) is 0 Å². The molecule has 0 saturated carbocycles. The van der Waals surface area contributed by atoms with Gasteiger partial charge in [-0.3, -0.25) is 4.79 Å². The zero-order valence-electron chi connectivity index (χ0n) is 17.7. The lowest BCUT2D eigenvalue weighted by molar-refractivity contribution is 0.0912. The number of hydrogen-bond acceptors (Lipinski definition) is 7. The molecule has 2 aromatic heterocycles. The van der Waals surface area contributed by atoms with Crippen LogP contribution in [0.1, 0.15) is 24.2 Å². The third-order valence-corrected chi connectivity index (χ3v) is 4.74. The Morgan fingerprint density at radius 3 is 2.40 bits per heavy atom. The molecule has 3 rings (SSSR count). The fraction of sp³-hybridized carbons (Fsp3) is 0.381. The summed E-state index contributed by atoms with van der Waals surface area (Å²) in [5.74, 6) is 1.17. The Kier molecular flexibility index (Phi) is 6.12. The highest BCUT2D eigenvalue weighted by Crippen LogP contribution is 2.40. The Morgan fingerprint density at radius 2 is 1.83 bits per heavy atom. The van der Waals surface area contributed by atoms with E-state index in [2.05, 4.69) is 20.3 Å². The van der Waals surface area contributed by atoms with Gasteiger partial charge in [0.05, 0.1) is 38.8 Å². The molecule has 0 aliphatic heterocycles. The van der Waals surface area contributed by atoms with Gasteiger partial charge in [0.2, 0.25) is 5.75 Å². The lowest BCUT2D eigenvalue weighted by atomic mass is 9.95. The van der Waals surface area contributed by atoms with Gasteiger partial charge < -0.3 is 29.6 Å². The van der Waals surface area contributed by atoms with Gasteiger partial charge in [-0.15, -0.1) is 0 Å². The number of ether oxygens (including phenoxy) is 3. The number of nitrogens with zero attached hydrogens (tertiary/aromatic N) is 2. The molecule has 3 N–H and O–H groups in total. The van der Waals surface area contributed by atoms with Gasteiger partial charge in [-0.2, -0.15) is 0 Å². The quantitative estimate of drug-likeness (QED) is 0.518. The summed E-state index contributed by atoms with van der Waals surface area (Å²) in [6.45, 7) is 4.02. The number of H-pyrrole nitrogens is 1. The summed E-state index contributed by atoms with van der Waals surface area (Å²) >= 11 is 0. The number of benzene rings is 1. The summed E-state index contributed by atoms with van der Waals surface area (Å²) in [4.78, 5) is 24.7. The summed E-state index contributed by atoms with van der Waals surface area (Å²) in [6.07, 6.45) is 3.18. The van der Waals surface area contributed by atoms with Gasteiger partial charge in [-0.1, -0.05) is 13.8 Å². The van der Waals surface area contributed by atoms with Gasteiger partial charge in [0.25, 0.3) is 5.91 Å². The van der Waals surface area contributed by atoms with Crippen molar-refractivity contribution in [1.82, 2.24) is 20.3 Å². The average molecular weight is 414 g/mol. The minimum Gasteiger partial charge on any atom is -0.493 e. The number of methoxy groups -OCH3 is 3. The smallest absolute Gasteiger partial charge is 0.255 e. The molecule has 0 spiro atoms. The summed E-state index contributed by atoms with van der Waals surface area (Å²) < 4.78 is 16.2. The number of fused-ring (bicyclic) bond motifs is 1. The monoisotopic (exact) mass is 414 g/mol. The number of aromatic nitrogens is 3. The van der Waals surface area contributed by atoms with Crippen LogP contribution < -0.4 is 19.5 Å². The highest BCUT2D eigenvalue weighted by molar-refractivity contribution is 6.04. The number of amides is 1. The zero-order chi connectivity index (χ0) is 21.9. The normalized spacial score (nSPS) is 11.4. The van der Waals surface area contributed by atoms with E-state index in [-0.39, 0.29) is 12.5 Å². The first-order valence-corrected chi connectivity index (χ1v) is 9.37. The predicted octanol–water partition coefficient (Wildman–Crippen LogP) is 2.40. The van der Waals surface area contributed by atoms with Gasteiger partial charge >= 0.3 is 0 Å². The van der Waals surface area contributed by atoms with Crippen molar-refractivity contribution in [2.24, 2.45) is 5.41 Å². The fourth-order valence-electron chi connectivity index (χ4n) is 2.90. The molecule has 0 fully saturated rings. The summed E-state index contributed by atoms with van der Waals surface area (Å²) in [6, 6.07) is 3.54. The lowest BCUT2D eigenvalue weighted by Crippen LogP contribution is -2.36. The molecule has 160 valence electrons. The summed E-state index contributed by atoms with van der Waals surface area (Å²) in [7, 11) is 4.62. The number of rotatable bonds is 8. The Hall–Kier alpha value is -3.33. The predicted molar refractivity (Wildman–Crippen MR) is 112 cm³/mol. The van der Waals surface area contributed by atoms with Crippen LogP contribution >= 0.6 is 0 Å². The second-order valence-corrected chi connectivity index (χ2v) is 7.57. The number of carbonyl (C=O) groups is 1. The number of aliphatic hydroxyl groups is 1. The van der Waals surface area contributed by atoms with Crippen molar-refractivity contribution in [2.75, 3.05) is 34.5 Å². The average Bonchev–Trinajstić information content (AvgIpc) is 3.19. The van der Waals surface area contributed by atoms with Gasteiger partial charge in [-0.25, -0.2) is 9.97 Å². The molecular weight excluding hydrogens is 388 g/mol. The third-order valence-electron chi connectivity index (χ3n) is 4.74. The molecule has 0 saturated heterocycles. The van der Waals surface area contributed by atoms with Crippen LogP contribution in [0.4, 0.5) is 0 Å². The van der Waals surface area contributed by atoms with Crippen LogP contribution in [0, 0.1) is 5.41 Å². The van der Waals surface area contributed by atoms with E-state index in [1.807, 2.05) is 13.8 Å². The maximum atomic E-state index is 12.7. The van der Waals surface area contributed by atoms with E-state index in [1.54, 1.807) is 38.7 Å². The van der Waals surface area contributed by atoms with E-state index in [0.29, 0.717) is 51.8 Å². The molecule has 0 unspecified atom stereocenters. The summed E-state index contributed by atoms with van der Waals surface area (Å²) in [5.41, 5.74) is 2.15. The van der Waals surface area contributed by atoms with Crippen LogP contribution in [0.25, 0.3) is 22.4 Å². The molecular formula is C21H26N4O5. The molecule has 1 aromatic carbocycles. The van der Waals surface area contributed by atoms with Crippen LogP contribution in [0.15, 0.2) is 24.5 Å². The van der Waals surface area contributed by atoms with Crippen molar-refractivity contribution in [3.63, 3.8) is 0 Å². The first kappa shape index (κ1) is 21.4. The van der Waals surface area contributed by atoms with Crippen LogP contribution in [-0.4, -0.2) is 60.4 Å². The topological polar surface area (TPSA) is 119 Å². The van der Waals surface area contributed by atoms with Gasteiger partial charge in [0.1, 0.15) is 5.52 Å². The second kappa shape index (κ2) is 8.58. The van der Waals surface area contributed by atoms with Crippen LogP contribution in [-0.2, 0) is 0 Å². The number of hydrogen-bond donors (Lipinski definition) is 3. The number of nitrogens with one attached hydrogen (secondary N) is 2. The van der Waals surface area contributed by atoms with E-state index in [4.69, 9.17) is 14.2 Å². The van der Waals surface area contributed by atoms with E-state index in [9.17, 15) is 9.90 Å². The number of aromatic amines is 1. The molecule has 9 heteroatoms. The number of aliphatic hydroxyl groups excluding tert-OH is 1. The second-order valence-electron chi connectivity index (χ2n) is 7.57. The fourth-order valence-corrected chi connectivity index (χ4v) is 2.90. The van der Waals surface area contributed by atoms with Crippen molar-refractivity contribution >= 4 is 17.1 Å².